The second kappa shape index (κ2) is 16.3. The van der Waals surface area contributed by atoms with Gasteiger partial charge in [-0.25, -0.2) is 5.43 Å². The maximum absolute atomic E-state index is 12.4. The van der Waals surface area contributed by atoms with E-state index in [1.807, 2.05) is 38.1 Å². The van der Waals surface area contributed by atoms with Crippen LogP contribution in [0.3, 0.4) is 0 Å². The number of amides is 3. The number of hydrazone groups is 1. The Hall–Kier alpha value is -3.63. The maximum Gasteiger partial charge on any atom is 0.329 e. The van der Waals surface area contributed by atoms with Crippen molar-refractivity contribution in [2.24, 2.45) is 5.10 Å². The Balaban J connectivity index is 1.92. The van der Waals surface area contributed by atoms with E-state index in [2.05, 4.69) is 28.1 Å². The van der Waals surface area contributed by atoms with Gasteiger partial charge in [-0.15, -0.1) is 0 Å². The van der Waals surface area contributed by atoms with Crippen LogP contribution in [0.2, 0.25) is 5.02 Å². The highest BCUT2D eigenvalue weighted by Crippen LogP contribution is 2.36. The lowest BCUT2D eigenvalue weighted by molar-refractivity contribution is -0.139. The van der Waals surface area contributed by atoms with Crippen LogP contribution in [-0.2, 0) is 25.5 Å². The molecule has 3 amide bonds. The number of hydrogen-bond acceptors (Lipinski definition) is 7. The maximum atomic E-state index is 12.4. The first-order valence-corrected chi connectivity index (χ1v) is 12.8. The van der Waals surface area contributed by atoms with Gasteiger partial charge in [-0.3, -0.25) is 14.4 Å². The van der Waals surface area contributed by atoms with Gasteiger partial charge >= 0.3 is 11.8 Å². The number of ether oxygens (including phenoxy) is 3. The standard InChI is InChI=1S/C27H35ClN4O6/c1-5-19-8-10-21(11-9-19)31-24(33)17-38-25-22(28)14-20(15-23(25)36-6-2)16-30-32-27(35)26(34)29-12-7-13-37-18(3)4/h8-11,14-16,18H,5-7,12-13,17H2,1-4H3,(H,29,34)(H,31,33)(H,32,35)/b30-16-. The number of anilines is 1. The molecule has 0 aromatic heterocycles. The summed E-state index contributed by atoms with van der Waals surface area (Å²) in [5.41, 5.74) is 4.48. The zero-order valence-corrected chi connectivity index (χ0v) is 22.9. The number of hydrogen-bond donors (Lipinski definition) is 3. The Morgan fingerprint density at radius 3 is 2.45 bits per heavy atom. The van der Waals surface area contributed by atoms with E-state index in [1.165, 1.54) is 17.8 Å². The molecule has 206 valence electrons. The molecule has 0 fully saturated rings. The summed E-state index contributed by atoms with van der Waals surface area (Å²) in [6.45, 7) is 8.52. The minimum atomic E-state index is -0.905. The normalized spacial score (nSPS) is 10.9. The van der Waals surface area contributed by atoms with Crippen LogP contribution in [0, 0.1) is 0 Å². The minimum absolute atomic E-state index is 0.106. The average Bonchev–Trinajstić information content (AvgIpc) is 2.88. The van der Waals surface area contributed by atoms with E-state index in [0.717, 1.165) is 6.42 Å². The number of aryl methyl sites for hydroxylation is 1. The zero-order chi connectivity index (χ0) is 27.9. The molecule has 38 heavy (non-hydrogen) atoms. The molecule has 2 aromatic rings. The molecule has 0 heterocycles. The summed E-state index contributed by atoms with van der Waals surface area (Å²) < 4.78 is 16.6. The highest BCUT2D eigenvalue weighted by Gasteiger charge is 2.15. The Morgan fingerprint density at radius 1 is 1.05 bits per heavy atom. The topological polar surface area (TPSA) is 127 Å². The van der Waals surface area contributed by atoms with E-state index in [-0.39, 0.29) is 29.4 Å². The predicted molar refractivity (Wildman–Crippen MR) is 147 cm³/mol. The van der Waals surface area contributed by atoms with Crippen LogP contribution in [0.5, 0.6) is 11.5 Å². The summed E-state index contributed by atoms with van der Waals surface area (Å²) >= 11 is 6.38. The summed E-state index contributed by atoms with van der Waals surface area (Å²) in [5.74, 6) is -1.56. The molecule has 0 bridgehead atoms. The molecule has 0 spiro atoms. The predicted octanol–water partition coefficient (Wildman–Crippen LogP) is 3.70. The van der Waals surface area contributed by atoms with Gasteiger partial charge in [-0.05, 0) is 69.0 Å². The number of halogens is 1. The van der Waals surface area contributed by atoms with Crippen LogP contribution in [0.25, 0.3) is 0 Å². The molecule has 2 aromatic carbocycles. The molecular formula is C27H35ClN4O6. The molecule has 0 saturated heterocycles. The van der Waals surface area contributed by atoms with E-state index in [4.69, 9.17) is 25.8 Å². The van der Waals surface area contributed by atoms with Crippen LogP contribution in [-0.4, -0.2) is 56.4 Å². The number of nitrogens with zero attached hydrogens (tertiary/aromatic N) is 1. The van der Waals surface area contributed by atoms with Crippen molar-refractivity contribution in [2.75, 3.05) is 31.7 Å². The van der Waals surface area contributed by atoms with Gasteiger partial charge < -0.3 is 24.8 Å². The molecule has 0 saturated carbocycles. The Kier molecular flexibility index (Phi) is 13.1. The van der Waals surface area contributed by atoms with Gasteiger partial charge in [0.15, 0.2) is 18.1 Å². The van der Waals surface area contributed by atoms with Crippen molar-refractivity contribution in [3.05, 3.63) is 52.5 Å². The summed E-state index contributed by atoms with van der Waals surface area (Å²) in [4.78, 5) is 36.1. The van der Waals surface area contributed by atoms with Crippen molar-refractivity contribution in [3.8, 4) is 11.5 Å². The third-order valence-corrected chi connectivity index (χ3v) is 5.25. The molecule has 0 atom stereocenters. The van der Waals surface area contributed by atoms with Gasteiger partial charge in [0, 0.05) is 18.8 Å². The second-order valence-electron chi connectivity index (χ2n) is 8.38. The van der Waals surface area contributed by atoms with Crippen molar-refractivity contribution >= 4 is 41.2 Å². The molecule has 0 radical (unpaired) electrons. The minimum Gasteiger partial charge on any atom is -0.490 e. The van der Waals surface area contributed by atoms with Gasteiger partial charge in [-0.2, -0.15) is 5.10 Å². The van der Waals surface area contributed by atoms with Crippen LogP contribution in [0.4, 0.5) is 5.69 Å². The van der Waals surface area contributed by atoms with E-state index in [0.29, 0.717) is 43.2 Å². The SMILES string of the molecule is CCOc1cc(/C=N\NC(=O)C(=O)NCCCOC(C)C)cc(Cl)c1OCC(=O)Nc1ccc(CC)cc1. The lowest BCUT2D eigenvalue weighted by Gasteiger charge is -2.14. The van der Waals surface area contributed by atoms with Crippen molar-refractivity contribution in [3.63, 3.8) is 0 Å². The molecule has 11 heteroatoms. The molecule has 10 nitrogen and oxygen atoms in total. The smallest absolute Gasteiger partial charge is 0.329 e. The van der Waals surface area contributed by atoms with Gasteiger partial charge in [-0.1, -0.05) is 30.7 Å². The summed E-state index contributed by atoms with van der Waals surface area (Å²) in [6, 6.07) is 10.7. The number of rotatable bonds is 14. The van der Waals surface area contributed by atoms with E-state index in [9.17, 15) is 14.4 Å². The van der Waals surface area contributed by atoms with Crippen molar-refractivity contribution in [1.29, 1.82) is 0 Å². The quantitative estimate of drug-likeness (QED) is 0.143. The number of carbonyl (C=O) groups excluding carboxylic acids is 3. The van der Waals surface area contributed by atoms with Crippen molar-refractivity contribution < 1.29 is 28.6 Å². The van der Waals surface area contributed by atoms with Crippen LogP contribution in [0.15, 0.2) is 41.5 Å². The van der Waals surface area contributed by atoms with Gasteiger partial charge in [0.1, 0.15) is 0 Å². The molecule has 3 N–H and O–H groups in total. The molecular weight excluding hydrogens is 512 g/mol. The third kappa shape index (κ3) is 10.8. The van der Waals surface area contributed by atoms with Gasteiger partial charge in [0.2, 0.25) is 0 Å². The number of benzene rings is 2. The fraction of sp³-hybridized carbons (Fsp3) is 0.407. The summed E-state index contributed by atoms with van der Waals surface area (Å²) in [6.07, 6.45) is 2.91. The average molecular weight is 547 g/mol. The Bertz CT molecular complexity index is 1110. The number of carbonyl (C=O) groups is 3. The fourth-order valence-corrected chi connectivity index (χ4v) is 3.39. The van der Waals surface area contributed by atoms with E-state index >= 15 is 0 Å². The first-order chi connectivity index (χ1) is 18.2. The second-order valence-corrected chi connectivity index (χ2v) is 8.79. The fourth-order valence-electron chi connectivity index (χ4n) is 3.11. The molecule has 0 unspecified atom stereocenters. The molecule has 0 aliphatic rings. The van der Waals surface area contributed by atoms with E-state index < -0.39 is 11.8 Å². The highest BCUT2D eigenvalue weighted by atomic mass is 35.5. The highest BCUT2D eigenvalue weighted by molar-refractivity contribution is 6.35. The van der Waals surface area contributed by atoms with Crippen LogP contribution < -0.4 is 25.5 Å². The first kappa shape index (κ1) is 30.6. The lowest BCUT2D eigenvalue weighted by Crippen LogP contribution is -2.38. The third-order valence-electron chi connectivity index (χ3n) is 4.97. The number of nitrogens with one attached hydrogen (secondary N) is 3. The van der Waals surface area contributed by atoms with Crippen LogP contribution in [0.1, 0.15) is 45.2 Å². The molecule has 0 aliphatic heterocycles. The molecule has 0 aliphatic carbocycles. The lowest BCUT2D eigenvalue weighted by atomic mass is 10.1. The first-order valence-electron chi connectivity index (χ1n) is 12.4. The Morgan fingerprint density at radius 2 is 1.79 bits per heavy atom. The zero-order valence-electron chi connectivity index (χ0n) is 22.1. The van der Waals surface area contributed by atoms with E-state index in [1.54, 1.807) is 13.0 Å². The Labute approximate surface area is 228 Å². The van der Waals surface area contributed by atoms with Crippen molar-refractivity contribution in [2.45, 2.75) is 46.6 Å². The van der Waals surface area contributed by atoms with Gasteiger partial charge in [0.05, 0.1) is 23.9 Å². The van der Waals surface area contributed by atoms with Crippen molar-refractivity contribution in [1.82, 2.24) is 10.7 Å². The largest absolute Gasteiger partial charge is 0.490 e. The monoisotopic (exact) mass is 546 g/mol. The summed E-state index contributed by atoms with van der Waals surface area (Å²) in [5, 5.41) is 9.26. The van der Waals surface area contributed by atoms with Gasteiger partial charge in [0.25, 0.3) is 5.91 Å². The van der Waals surface area contributed by atoms with Crippen LogP contribution >= 0.6 is 11.6 Å². The summed E-state index contributed by atoms with van der Waals surface area (Å²) in [7, 11) is 0. The molecule has 2 rings (SSSR count).